The molecule has 0 aliphatic rings. The van der Waals surface area contributed by atoms with E-state index in [1.165, 1.54) is 36.8 Å². The molecule has 0 spiro atoms. The Labute approximate surface area is 111 Å². The Hall–Kier alpha value is -1.63. The molecule has 1 rings (SSSR count). The van der Waals surface area contributed by atoms with E-state index >= 15 is 0 Å². The smallest absolute Gasteiger partial charge is 0.0273 e. The summed E-state index contributed by atoms with van der Waals surface area (Å²) >= 11 is 0. The fraction of sp³-hybridized carbons (Fsp3) is 0.353. The maximum absolute atomic E-state index is 4.15. The summed E-state index contributed by atoms with van der Waals surface area (Å²) in [7, 11) is 0. The second kappa shape index (κ2) is 9.41. The molecule has 0 bridgehead atoms. The molecule has 0 saturated carbocycles. The van der Waals surface area contributed by atoms with Gasteiger partial charge in [0.2, 0.25) is 0 Å². The summed E-state index contributed by atoms with van der Waals surface area (Å²) in [5.41, 5.74) is 2.63. The lowest BCUT2D eigenvalue weighted by Gasteiger charge is -2.00. The number of allylic oxidation sites excluding steroid dienone is 2. The summed E-state index contributed by atoms with van der Waals surface area (Å²) in [6.07, 6.45) is 14.6. The number of hydrogen-bond acceptors (Lipinski definition) is 1. The zero-order chi connectivity index (χ0) is 13.1. The largest absolute Gasteiger partial charge is 0.265 e. The van der Waals surface area contributed by atoms with Crippen LogP contribution in [-0.2, 0) is 6.42 Å². The van der Waals surface area contributed by atoms with Crippen LogP contribution in [0.3, 0.4) is 0 Å². The van der Waals surface area contributed by atoms with Crippen LogP contribution in [-0.4, -0.2) is 6.21 Å². The number of nitrogens with zero attached hydrogens (tertiary/aromatic N) is 1. The molecule has 0 amide bonds. The molecule has 0 fully saturated rings. The number of aryl methyl sites for hydroxylation is 1. The molecular weight excluding hydrogens is 218 g/mol. The number of rotatable bonds is 7. The van der Waals surface area contributed by atoms with E-state index in [9.17, 15) is 0 Å². The van der Waals surface area contributed by atoms with Gasteiger partial charge in [-0.15, -0.1) is 0 Å². The second-order valence-corrected chi connectivity index (χ2v) is 4.34. The third-order valence-electron chi connectivity index (χ3n) is 2.77. The van der Waals surface area contributed by atoms with Crippen LogP contribution >= 0.6 is 0 Å². The van der Waals surface area contributed by atoms with Gasteiger partial charge < -0.3 is 0 Å². The normalized spacial score (nSPS) is 12.1. The first-order chi connectivity index (χ1) is 8.86. The molecular formula is C17H23N. The number of hydrogen-bond donors (Lipinski definition) is 0. The van der Waals surface area contributed by atoms with Crippen LogP contribution in [0.2, 0.25) is 0 Å². The third kappa shape index (κ3) is 6.19. The molecule has 18 heavy (non-hydrogen) atoms. The van der Waals surface area contributed by atoms with Crippen molar-refractivity contribution in [3.05, 3.63) is 53.7 Å². The molecule has 0 unspecified atom stereocenters. The van der Waals surface area contributed by atoms with E-state index in [0.29, 0.717) is 0 Å². The van der Waals surface area contributed by atoms with Gasteiger partial charge in [0.1, 0.15) is 0 Å². The summed E-state index contributed by atoms with van der Waals surface area (Å²) in [5, 5.41) is 0. The zero-order valence-electron chi connectivity index (χ0n) is 11.5. The van der Waals surface area contributed by atoms with Crippen molar-refractivity contribution in [2.75, 3.05) is 0 Å². The average Bonchev–Trinajstić information content (AvgIpc) is 2.40. The van der Waals surface area contributed by atoms with Crippen LogP contribution in [0.1, 0.15) is 44.2 Å². The Kier molecular flexibility index (Phi) is 7.54. The lowest BCUT2D eigenvalue weighted by molar-refractivity contribution is 0.717. The molecule has 0 aliphatic carbocycles. The van der Waals surface area contributed by atoms with Crippen molar-refractivity contribution < 1.29 is 0 Å². The van der Waals surface area contributed by atoms with Crippen molar-refractivity contribution in [2.24, 2.45) is 4.99 Å². The molecule has 0 aliphatic heterocycles. The van der Waals surface area contributed by atoms with Gasteiger partial charge in [-0.1, -0.05) is 50.1 Å². The quantitative estimate of drug-likeness (QED) is 0.468. The molecule has 0 N–H and O–H groups in total. The highest BCUT2D eigenvalue weighted by Gasteiger charge is 1.92. The van der Waals surface area contributed by atoms with E-state index in [4.69, 9.17) is 0 Å². The Bertz CT molecular complexity index is 396. The fourth-order valence-corrected chi connectivity index (χ4v) is 1.69. The summed E-state index contributed by atoms with van der Waals surface area (Å²) in [6.45, 7) is 4.22. The minimum absolute atomic E-state index is 1.19. The number of aliphatic imine (C=N–C) groups is 1. The highest BCUT2D eigenvalue weighted by atomic mass is 14.6. The van der Waals surface area contributed by atoms with Gasteiger partial charge in [0.05, 0.1) is 0 Å². The minimum atomic E-state index is 1.19. The molecule has 96 valence electrons. The maximum Gasteiger partial charge on any atom is 0.0273 e. The van der Waals surface area contributed by atoms with Gasteiger partial charge in [-0.2, -0.15) is 0 Å². The summed E-state index contributed by atoms with van der Waals surface area (Å²) in [6, 6.07) is 8.74. The first-order valence-electron chi connectivity index (χ1n) is 6.76. The molecule has 0 radical (unpaired) electrons. The van der Waals surface area contributed by atoms with Crippen molar-refractivity contribution >= 4 is 12.3 Å². The van der Waals surface area contributed by atoms with Gasteiger partial charge in [-0.05, 0) is 43.0 Å². The molecule has 0 heterocycles. The number of unbranched alkanes of at least 4 members (excludes halogenated alkanes) is 2. The summed E-state index contributed by atoms with van der Waals surface area (Å²) < 4.78 is 0. The molecule has 0 saturated heterocycles. The lowest BCUT2D eigenvalue weighted by atomic mass is 10.1. The van der Waals surface area contributed by atoms with E-state index < -0.39 is 0 Å². The van der Waals surface area contributed by atoms with Crippen LogP contribution in [0.25, 0.3) is 6.08 Å². The van der Waals surface area contributed by atoms with Crippen molar-refractivity contribution in [3.8, 4) is 0 Å². The van der Waals surface area contributed by atoms with Crippen LogP contribution in [0.4, 0.5) is 0 Å². The average molecular weight is 241 g/mol. The zero-order valence-corrected chi connectivity index (χ0v) is 11.5. The van der Waals surface area contributed by atoms with Crippen molar-refractivity contribution in [2.45, 2.75) is 39.5 Å². The van der Waals surface area contributed by atoms with Gasteiger partial charge in [-0.3, -0.25) is 4.99 Å². The number of benzene rings is 1. The van der Waals surface area contributed by atoms with Crippen LogP contribution in [0.5, 0.6) is 0 Å². The molecule has 1 aromatic rings. The Morgan fingerprint density at radius 2 is 1.89 bits per heavy atom. The standard InChI is InChI=1S/C17H23N/c1-3-5-7-8-16-9-11-17(12-10-16)13-15-18-14-6-4-2/h4,6,9-15H,3,5,7-8H2,1-2H3/b6-4-,15-13+,18-14+. The van der Waals surface area contributed by atoms with Crippen molar-refractivity contribution in [3.63, 3.8) is 0 Å². The van der Waals surface area contributed by atoms with Crippen LogP contribution in [0.15, 0.2) is 47.6 Å². The lowest BCUT2D eigenvalue weighted by Crippen LogP contribution is -1.85. The van der Waals surface area contributed by atoms with E-state index in [1.807, 2.05) is 31.4 Å². The molecule has 1 nitrogen and oxygen atoms in total. The maximum atomic E-state index is 4.15. The molecule has 0 aromatic heterocycles. The second-order valence-electron chi connectivity index (χ2n) is 4.34. The first kappa shape index (κ1) is 14.4. The third-order valence-corrected chi connectivity index (χ3v) is 2.77. The van der Waals surface area contributed by atoms with E-state index in [-0.39, 0.29) is 0 Å². The topological polar surface area (TPSA) is 12.4 Å². The monoisotopic (exact) mass is 241 g/mol. The first-order valence-corrected chi connectivity index (χ1v) is 6.76. The fourth-order valence-electron chi connectivity index (χ4n) is 1.69. The molecule has 0 atom stereocenters. The highest BCUT2D eigenvalue weighted by molar-refractivity contribution is 5.72. The van der Waals surface area contributed by atoms with Gasteiger partial charge >= 0.3 is 0 Å². The predicted molar refractivity (Wildman–Crippen MR) is 82.0 cm³/mol. The van der Waals surface area contributed by atoms with E-state index in [2.05, 4.69) is 36.2 Å². The van der Waals surface area contributed by atoms with Gasteiger partial charge in [-0.25, -0.2) is 0 Å². The Morgan fingerprint density at radius 3 is 2.56 bits per heavy atom. The Morgan fingerprint density at radius 1 is 1.11 bits per heavy atom. The van der Waals surface area contributed by atoms with Gasteiger partial charge in [0, 0.05) is 12.4 Å². The molecule has 1 aromatic carbocycles. The van der Waals surface area contributed by atoms with Gasteiger partial charge in [0.15, 0.2) is 0 Å². The molecule has 1 heteroatoms. The van der Waals surface area contributed by atoms with E-state index in [1.54, 1.807) is 6.21 Å². The van der Waals surface area contributed by atoms with Gasteiger partial charge in [0.25, 0.3) is 0 Å². The Balaban J connectivity index is 2.44. The van der Waals surface area contributed by atoms with Crippen LogP contribution in [0, 0.1) is 0 Å². The predicted octanol–water partition coefficient (Wildman–Crippen LogP) is 5.04. The minimum Gasteiger partial charge on any atom is -0.265 e. The van der Waals surface area contributed by atoms with Crippen molar-refractivity contribution in [1.82, 2.24) is 0 Å². The summed E-state index contributed by atoms with van der Waals surface area (Å²) in [5.74, 6) is 0. The SMILES string of the molecule is C\C=C/C=N/C=C/c1ccc(CCCCC)cc1. The van der Waals surface area contributed by atoms with Crippen LogP contribution < -0.4 is 0 Å². The highest BCUT2D eigenvalue weighted by Crippen LogP contribution is 2.10. The summed E-state index contributed by atoms with van der Waals surface area (Å²) in [4.78, 5) is 4.15. The van der Waals surface area contributed by atoms with Crippen molar-refractivity contribution in [1.29, 1.82) is 0 Å². The van der Waals surface area contributed by atoms with E-state index in [0.717, 1.165) is 0 Å².